The van der Waals surface area contributed by atoms with Gasteiger partial charge in [-0.15, -0.1) is 10.2 Å². The molecule has 4 rings (SSSR count). The van der Waals surface area contributed by atoms with Crippen LogP contribution in [0, 0.1) is 5.82 Å². The summed E-state index contributed by atoms with van der Waals surface area (Å²) in [5.74, 6) is 0.795. The molecular weight excluding hydrogens is 309 g/mol. The first-order valence-electron chi connectivity index (χ1n) is 8.32. The van der Waals surface area contributed by atoms with Crippen molar-refractivity contribution >= 4 is 5.91 Å². The van der Waals surface area contributed by atoms with Crippen LogP contribution in [0.4, 0.5) is 4.39 Å². The highest BCUT2D eigenvalue weighted by Crippen LogP contribution is 2.34. The molecule has 1 aliphatic heterocycles. The van der Waals surface area contributed by atoms with Crippen LogP contribution in [0.15, 0.2) is 18.2 Å². The standard InChI is InChI=1S/C17H20FN5O/c1-22(10-15-20-21-16-17(24)19-7-8-23(15)16)14-4-2-3-11-5-6-12(18)9-13(11)14/h5-6,9,14H,2-4,7-8,10H2,1H3,(H,19,24). The maximum atomic E-state index is 13.7. The van der Waals surface area contributed by atoms with E-state index in [-0.39, 0.29) is 17.8 Å². The second kappa shape index (κ2) is 5.98. The summed E-state index contributed by atoms with van der Waals surface area (Å²) in [5.41, 5.74) is 2.29. The van der Waals surface area contributed by atoms with Crippen LogP contribution in [0.25, 0.3) is 0 Å². The molecule has 1 aromatic heterocycles. The van der Waals surface area contributed by atoms with Crippen molar-refractivity contribution in [2.24, 2.45) is 0 Å². The minimum atomic E-state index is -0.189. The second-order valence-electron chi connectivity index (χ2n) is 6.51. The van der Waals surface area contributed by atoms with E-state index in [1.54, 1.807) is 6.07 Å². The van der Waals surface area contributed by atoms with Crippen LogP contribution in [0.2, 0.25) is 0 Å². The van der Waals surface area contributed by atoms with Gasteiger partial charge in [-0.2, -0.15) is 0 Å². The average molecular weight is 329 g/mol. The molecule has 0 spiro atoms. The summed E-state index contributed by atoms with van der Waals surface area (Å²) in [6.45, 7) is 1.87. The Bertz CT molecular complexity index is 787. The molecule has 0 bridgehead atoms. The van der Waals surface area contributed by atoms with Gasteiger partial charge in [-0.3, -0.25) is 9.69 Å². The Hall–Kier alpha value is -2.28. The van der Waals surface area contributed by atoms with E-state index >= 15 is 0 Å². The van der Waals surface area contributed by atoms with Gasteiger partial charge in [-0.05, 0) is 49.6 Å². The Morgan fingerprint density at radius 1 is 1.42 bits per heavy atom. The second-order valence-corrected chi connectivity index (χ2v) is 6.51. The minimum Gasteiger partial charge on any atom is -0.348 e. The van der Waals surface area contributed by atoms with Gasteiger partial charge in [0.05, 0.1) is 6.54 Å². The van der Waals surface area contributed by atoms with Crippen molar-refractivity contribution in [2.45, 2.75) is 38.4 Å². The van der Waals surface area contributed by atoms with Crippen LogP contribution in [0.1, 0.15) is 46.5 Å². The fourth-order valence-corrected chi connectivity index (χ4v) is 3.75. The molecule has 0 fully saturated rings. The zero-order valence-electron chi connectivity index (χ0n) is 13.6. The SMILES string of the molecule is CN(Cc1nnc2n1CCNC2=O)C1CCCc2ccc(F)cc21. The van der Waals surface area contributed by atoms with Crippen molar-refractivity contribution in [3.63, 3.8) is 0 Å². The summed E-state index contributed by atoms with van der Waals surface area (Å²) in [6.07, 6.45) is 3.09. The smallest absolute Gasteiger partial charge is 0.289 e. The van der Waals surface area contributed by atoms with E-state index in [0.717, 1.165) is 30.7 Å². The molecule has 2 heterocycles. The number of carbonyl (C=O) groups excluding carboxylic acids is 1. The lowest BCUT2D eigenvalue weighted by Crippen LogP contribution is -2.37. The lowest BCUT2D eigenvalue weighted by atomic mass is 9.87. The molecular formula is C17H20FN5O. The Morgan fingerprint density at radius 2 is 2.29 bits per heavy atom. The van der Waals surface area contributed by atoms with E-state index in [1.807, 2.05) is 17.7 Å². The molecule has 1 aliphatic carbocycles. The van der Waals surface area contributed by atoms with Crippen molar-refractivity contribution in [1.29, 1.82) is 0 Å². The summed E-state index contributed by atoms with van der Waals surface area (Å²) >= 11 is 0. The molecule has 1 unspecified atom stereocenters. The van der Waals surface area contributed by atoms with Crippen LogP contribution in [0.5, 0.6) is 0 Å². The van der Waals surface area contributed by atoms with E-state index in [2.05, 4.69) is 20.4 Å². The number of carbonyl (C=O) groups is 1. The van der Waals surface area contributed by atoms with Crippen LogP contribution < -0.4 is 5.32 Å². The maximum Gasteiger partial charge on any atom is 0.289 e. The highest BCUT2D eigenvalue weighted by molar-refractivity contribution is 5.91. The summed E-state index contributed by atoms with van der Waals surface area (Å²) < 4.78 is 15.6. The first kappa shape index (κ1) is 15.3. The van der Waals surface area contributed by atoms with E-state index in [1.165, 1.54) is 11.6 Å². The average Bonchev–Trinajstić information content (AvgIpc) is 2.98. The number of rotatable bonds is 3. The topological polar surface area (TPSA) is 63.1 Å². The van der Waals surface area contributed by atoms with Crippen molar-refractivity contribution in [3.05, 3.63) is 46.8 Å². The molecule has 24 heavy (non-hydrogen) atoms. The molecule has 1 aromatic carbocycles. The number of nitrogens with one attached hydrogen (secondary N) is 1. The molecule has 0 radical (unpaired) electrons. The molecule has 1 atom stereocenters. The highest BCUT2D eigenvalue weighted by atomic mass is 19.1. The molecule has 1 N–H and O–H groups in total. The molecule has 0 saturated carbocycles. The third-order valence-corrected chi connectivity index (χ3v) is 4.96. The van der Waals surface area contributed by atoms with E-state index in [4.69, 9.17) is 0 Å². The number of hydrogen-bond donors (Lipinski definition) is 1. The Balaban J connectivity index is 1.59. The Kier molecular flexibility index (Phi) is 3.80. The third-order valence-electron chi connectivity index (χ3n) is 4.96. The number of nitrogens with zero attached hydrogens (tertiary/aromatic N) is 4. The third kappa shape index (κ3) is 2.58. The number of hydrogen-bond acceptors (Lipinski definition) is 4. The maximum absolute atomic E-state index is 13.7. The van der Waals surface area contributed by atoms with Gasteiger partial charge in [-0.1, -0.05) is 6.07 Å². The minimum absolute atomic E-state index is 0.162. The molecule has 0 saturated heterocycles. The number of halogens is 1. The predicted molar refractivity (Wildman–Crippen MR) is 85.9 cm³/mol. The van der Waals surface area contributed by atoms with Crippen molar-refractivity contribution in [3.8, 4) is 0 Å². The van der Waals surface area contributed by atoms with Crippen LogP contribution in [-0.2, 0) is 19.5 Å². The van der Waals surface area contributed by atoms with Gasteiger partial charge < -0.3 is 9.88 Å². The van der Waals surface area contributed by atoms with Gasteiger partial charge in [-0.25, -0.2) is 4.39 Å². The number of aryl methyl sites for hydroxylation is 1. The van der Waals surface area contributed by atoms with Gasteiger partial charge in [0.25, 0.3) is 5.91 Å². The zero-order valence-corrected chi connectivity index (χ0v) is 13.6. The zero-order chi connectivity index (χ0) is 16.7. The predicted octanol–water partition coefficient (Wildman–Crippen LogP) is 1.67. The van der Waals surface area contributed by atoms with E-state index in [9.17, 15) is 9.18 Å². The quantitative estimate of drug-likeness (QED) is 0.930. The Labute approximate surface area is 139 Å². The summed E-state index contributed by atoms with van der Waals surface area (Å²) in [6, 6.07) is 5.25. The first-order valence-corrected chi connectivity index (χ1v) is 8.32. The van der Waals surface area contributed by atoms with Gasteiger partial charge in [0, 0.05) is 19.1 Å². The summed E-state index contributed by atoms with van der Waals surface area (Å²) in [7, 11) is 2.02. The fraction of sp³-hybridized carbons (Fsp3) is 0.471. The largest absolute Gasteiger partial charge is 0.348 e. The van der Waals surface area contributed by atoms with Gasteiger partial charge >= 0.3 is 0 Å². The molecule has 7 heteroatoms. The summed E-state index contributed by atoms with van der Waals surface area (Å²) in [5, 5.41) is 11.0. The van der Waals surface area contributed by atoms with E-state index < -0.39 is 0 Å². The molecule has 1 amide bonds. The first-order chi connectivity index (χ1) is 11.6. The van der Waals surface area contributed by atoms with Gasteiger partial charge in [0.2, 0.25) is 5.82 Å². The molecule has 6 nitrogen and oxygen atoms in total. The number of amides is 1. The summed E-state index contributed by atoms with van der Waals surface area (Å²) in [4.78, 5) is 14.0. The fourth-order valence-electron chi connectivity index (χ4n) is 3.75. The van der Waals surface area contributed by atoms with Crippen LogP contribution >= 0.6 is 0 Å². The lowest BCUT2D eigenvalue weighted by molar-refractivity contribution is 0.0920. The number of benzene rings is 1. The van der Waals surface area contributed by atoms with Crippen molar-refractivity contribution in [1.82, 2.24) is 25.0 Å². The van der Waals surface area contributed by atoms with Crippen molar-refractivity contribution in [2.75, 3.05) is 13.6 Å². The lowest BCUT2D eigenvalue weighted by Gasteiger charge is -2.33. The number of fused-ring (bicyclic) bond motifs is 2. The van der Waals surface area contributed by atoms with E-state index in [0.29, 0.717) is 25.5 Å². The van der Waals surface area contributed by atoms with Gasteiger partial charge in [0.15, 0.2) is 0 Å². The molecule has 126 valence electrons. The van der Waals surface area contributed by atoms with Crippen molar-refractivity contribution < 1.29 is 9.18 Å². The van der Waals surface area contributed by atoms with Crippen LogP contribution in [-0.4, -0.2) is 39.2 Å². The highest BCUT2D eigenvalue weighted by Gasteiger charge is 2.27. The normalized spacial score (nSPS) is 19.8. The monoisotopic (exact) mass is 329 g/mol. The molecule has 2 aromatic rings. The number of aromatic nitrogens is 3. The molecule has 2 aliphatic rings. The van der Waals surface area contributed by atoms with Gasteiger partial charge in [0.1, 0.15) is 11.6 Å². The Morgan fingerprint density at radius 3 is 3.17 bits per heavy atom. The van der Waals surface area contributed by atoms with Crippen LogP contribution in [0.3, 0.4) is 0 Å².